The van der Waals surface area contributed by atoms with Crippen molar-refractivity contribution in [1.82, 2.24) is 9.97 Å². The number of pyridine rings is 1. The summed E-state index contributed by atoms with van der Waals surface area (Å²) in [5, 5.41) is 2.36. The summed E-state index contributed by atoms with van der Waals surface area (Å²) >= 11 is 0. The van der Waals surface area contributed by atoms with Gasteiger partial charge in [-0.3, -0.25) is 4.99 Å². The topological polar surface area (TPSA) is 41.0 Å². The molecule has 1 aliphatic rings. The van der Waals surface area contributed by atoms with Crippen LogP contribution in [-0.4, -0.2) is 16.2 Å². The lowest BCUT2D eigenvalue weighted by Crippen LogP contribution is -1.97. The fourth-order valence-electron chi connectivity index (χ4n) is 2.04. The quantitative estimate of drug-likeness (QED) is 0.458. The van der Waals surface area contributed by atoms with Crippen molar-refractivity contribution in [2.45, 2.75) is 0 Å². The van der Waals surface area contributed by atoms with E-state index < -0.39 is 0 Å². The van der Waals surface area contributed by atoms with Gasteiger partial charge >= 0.3 is 0 Å². The Kier molecular flexibility index (Phi) is 1.08. The zero-order valence-electron chi connectivity index (χ0n) is 7.86. The molecule has 0 saturated carbocycles. The van der Waals surface area contributed by atoms with Crippen molar-refractivity contribution in [3.05, 3.63) is 36.2 Å². The highest BCUT2D eigenvalue weighted by Crippen LogP contribution is 2.31. The molecule has 0 fully saturated rings. The molecule has 1 N–H and O–H groups in total. The molecule has 0 amide bonds. The van der Waals surface area contributed by atoms with Crippen LogP contribution in [0.25, 0.3) is 21.8 Å². The number of hydrogen-bond acceptors (Lipinski definition) is 2. The smallest absolute Gasteiger partial charge is 0.108 e. The first kappa shape index (κ1) is 7.17. The maximum atomic E-state index is 4.52. The second-order valence-electron chi connectivity index (χ2n) is 3.73. The highest BCUT2D eigenvalue weighted by Gasteiger charge is 2.12. The van der Waals surface area contributed by atoms with Gasteiger partial charge in [0.1, 0.15) is 5.69 Å². The second kappa shape index (κ2) is 2.25. The van der Waals surface area contributed by atoms with Crippen LogP contribution >= 0.6 is 0 Å². The SMILES string of the molecule is C1=Nc2cc3c(ccc4cc[nH]c43)nc21. The first-order valence-corrected chi connectivity index (χ1v) is 4.87. The summed E-state index contributed by atoms with van der Waals surface area (Å²) in [7, 11) is 0. The second-order valence-corrected chi connectivity index (χ2v) is 3.73. The van der Waals surface area contributed by atoms with Gasteiger partial charge in [-0.1, -0.05) is 6.07 Å². The standard InChI is InChI=1S/C12H7N3/c1-2-9-8(12-7(1)3-4-13-12)5-10-11(15-9)6-14-10/h1-6,13H. The van der Waals surface area contributed by atoms with Crippen LogP contribution in [0.2, 0.25) is 0 Å². The van der Waals surface area contributed by atoms with Crippen LogP contribution in [0, 0.1) is 0 Å². The Morgan fingerprint density at radius 2 is 2.13 bits per heavy atom. The molecule has 0 aliphatic carbocycles. The van der Waals surface area contributed by atoms with Crippen LogP contribution in [-0.2, 0) is 0 Å². The van der Waals surface area contributed by atoms with Crippen molar-refractivity contribution in [2.75, 3.05) is 0 Å². The van der Waals surface area contributed by atoms with E-state index in [4.69, 9.17) is 0 Å². The molecule has 1 aromatic carbocycles. The number of aromatic amines is 1. The Morgan fingerprint density at radius 3 is 3.00 bits per heavy atom. The number of H-pyrrole nitrogens is 1. The summed E-state index contributed by atoms with van der Waals surface area (Å²) in [6.07, 6.45) is 3.75. The molecule has 0 bridgehead atoms. The third-order valence-electron chi connectivity index (χ3n) is 2.86. The van der Waals surface area contributed by atoms with E-state index in [1.165, 1.54) is 5.39 Å². The highest BCUT2D eigenvalue weighted by atomic mass is 14.9. The van der Waals surface area contributed by atoms with Gasteiger partial charge in [-0.05, 0) is 18.2 Å². The zero-order valence-corrected chi connectivity index (χ0v) is 7.86. The van der Waals surface area contributed by atoms with Gasteiger partial charge in [-0.15, -0.1) is 0 Å². The summed E-state index contributed by atoms with van der Waals surface area (Å²) in [5.74, 6) is 0. The van der Waals surface area contributed by atoms with Gasteiger partial charge < -0.3 is 4.98 Å². The van der Waals surface area contributed by atoms with Gasteiger partial charge in [-0.25, -0.2) is 4.98 Å². The van der Waals surface area contributed by atoms with E-state index in [9.17, 15) is 0 Å². The average Bonchev–Trinajstić information content (AvgIpc) is 2.68. The molecule has 0 unspecified atom stereocenters. The van der Waals surface area contributed by atoms with Crippen molar-refractivity contribution in [1.29, 1.82) is 0 Å². The third-order valence-corrected chi connectivity index (χ3v) is 2.86. The minimum atomic E-state index is 0.990. The van der Waals surface area contributed by atoms with E-state index in [2.05, 4.69) is 39.2 Å². The molecule has 2 aromatic heterocycles. The van der Waals surface area contributed by atoms with Gasteiger partial charge in [0, 0.05) is 17.0 Å². The average molecular weight is 193 g/mol. The van der Waals surface area contributed by atoms with Crippen LogP contribution in [0.1, 0.15) is 5.69 Å². The van der Waals surface area contributed by atoms with Crippen molar-refractivity contribution in [2.24, 2.45) is 4.99 Å². The van der Waals surface area contributed by atoms with E-state index in [1.54, 1.807) is 6.21 Å². The van der Waals surface area contributed by atoms with Gasteiger partial charge in [0.05, 0.1) is 22.9 Å². The maximum Gasteiger partial charge on any atom is 0.108 e. The molecular weight excluding hydrogens is 186 g/mol. The molecule has 4 rings (SSSR count). The molecule has 3 aromatic rings. The van der Waals surface area contributed by atoms with E-state index in [1.807, 2.05) is 6.20 Å². The van der Waals surface area contributed by atoms with Gasteiger partial charge in [0.2, 0.25) is 0 Å². The third kappa shape index (κ3) is 0.801. The Balaban J connectivity index is 2.29. The molecule has 0 saturated heterocycles. The lowest BCUT2D eigenvalue weighted by atomic mass is 10.1. The van der Waals surface area contributed by atoms with Crippen LogP contribution < -0.4 is 0 Å². The molecule has 15 heavy (non-hydrogen) atoms. The van der Waals surface area contributed by atoms with Crippen molar-refractivity contribution < 1.29 is 0 Å². The molecule has 0 spiro atoms. The molecule has 1 aliphatic heterocycles. The van der Waals surface area contributed by atoms with Crippen LogP contribution in [0.5, 0.6) is 0 Å². The molecular formula is C12H7N3. The van der Waals surface area contributed by atoms with E-state index in [-0.39, 0.29) is 0 Å². The maximum absolute atomic E-state index is 4.52. The molecule has 70 valence electrons. The van der Waals surface area contributed by atoms with Crippen LogP contribution in [0.15, 0.2) is 35.5 Å². The number of hydrogen-bond donors (Lipinski definition) is 1. The largest absolute Gasteiger partial charge is 0.361 e. The summed E-state index contributed by atoms with van der Waals surface area (Å²) in [5.41, 5.74) is 4.15. The number of nitrogens with one attached hydrogen (secondary N) is 1. The summed E-state index contributed by atoms with van der Waals surface area (Å²) < 4.78 is 0. The number of aromatic nitrogens is 2. The van der Waals surface area contributed by atoms with Gasteiger partial charge in [0.25, 0.3) is 0 Å². The number of benzene rings is 1. The Morgan fingerprint density at radius 1 is 1.13 bits per heavy atom. The number of nitrogens with zero attached hydrogens (tertiary/aromatic N) is 2. The predicted molar refractivity (Wildman–Crippen MR) is 60.9 cm³/mol. The summed E-state index contributed by atoms with van der Waals surface area (Å²) in [6.45, 7) is 0. The monoisotopic (exact) mass is 193 g/mol. The van der Waals surface area contributed by atoms with Gasteiger partial charge in [-0.2, -0.15) is 0 Å². The van der Waals surface area contributed by atoms with E-state index in [0.717, 1.165) is 27.8 Å². The number of fused-ring (bicyclic) bond motifs is 4. The Labute approximate surface area is 85.5 Å². The fourth-order valence-corrected chi connectivity index (χ4v) is 2.04. The summed E-state index contributed by atoms with van der Waals surface area (Å²) in [4.78, 5) is 11.9. The number of rotatable bonds is 0. The van der Waals surface area contributed by atoms with Crippen molar-refractivity contribution in [3.63, 3.8) is 0 Å². The minimum Gasteiger partial charge on any atom is -0.361 e. The van der Waals surface area contributed by atoms with Crippen LogP contribution in [0.3, 0.4) is 0 Å². The predicted octanol–water partition coefficient (Wildman–Crippen LogP) is 2.78. The van der Waals surface area contributed by atoms with Crippen molar-refractivity contribution >= 4 is 33.7 Å². The summed E-state index contributed by atoms with van der Waals surface area (Å²) in [6, 6.07) is 8.30. The van der Waals surface area contributed by atoms with E-state index >= 15 is 0 Å². The number of aliphatic imine (C=N–C) groups is 1. The molecule has 3 heteroatoms. The molecule has 0 radical (unpaired) electrons. The lowest BCUT2D eigenvalue weighted by Gasteiger charge is -2.09. The zero-order chi connectivity index (χ0) is 9.83. The Bertz CT molecular complexity index is 722. The molecule has 3 heterocycles. The first-order chi connectivity index (χ1) is 7.42. The van der Waals surface area contributed by atoms with Gasteiger partial charge in [0.15, 0.2) is 0 Å². The highest BCUT2D eigenvalue weighted by molar-refractivity contribution is 6.08. The van der Waals surface area contributed by atoms with Crippen LogP contribution in [0.4, 0.5) is 5.69 Å². The van der Waals surface area contributed by atoms with Crippen molar-refractivity contribution in [3.8, 4) is 0 Å². The molecule has 3 nitrogen and oxygen atoms in total. The lowest BCUT2D eigenvalue weighted by molar-refractivity contribution is 1.30. The first-order valence-electron chi connectivity index (χ1n) is 4.87. The Hall–Kier alpha value is -2.16. The van der Waals surface area contributed by atoms with E-state index in [0.29, 0.717) is 0 Å². The molecule has 0 atom stereocenters. The normalized spacial score (nSPS) is 13.1. The fraction of sp³-hybridized carbons (Fsp3) is 0. The minimum absolute atomic E-state index is 0.990.